The van der Waals surface area contributed by atoms with Gasteiger partial charge in [-0.05, 0) is 29.6 Å². The number of H-pyrrole nitrogens is 1. The molecule has 0 aliphatic heterocycles. The van der Waals surface area contributed by atoms with Gasteiger partial charge in [0.05, 0.1) is 21.5 Å². The molecule has 0 atom stereocenters. The maximum atomic E-state index is 11.9. The van der Waals surface area contributed by atoms with E-state index < -0.39 is 0 Å². The number of aromatic nitrogens is 3. The Morgan fingerprint density at radius 2 is 2.14 bits per heavy atom. The van der Waals surface area contributed by atoms with Crippen molar-refractivity contribution in [2.75, 3.05) is 0 Å². The molecule has 3 aromatic heterocycles. The van der Waals surface area contributed by atoms with Gasteiger partial charge in [-0.3, -0.25) is 4.79 Å². The maximum absolute atomic E-state index is 11.9. The Bertz CT molecular complexity index is 1040. The van der Waals surface area contributed by atoms with Gasteiger partial charge in [0.25, 0.3) is 5.56 Å². The van der Waals surface area contributed by atoms with Gasteiger partial charge in [0.1, 0.15) is 10.5 Å². The van der Waals surface area contributed by atoms with E-state index in [1.807, 2.05) is 29.6 Å². The summed E-state index contributed by atoms with van der Waals surface area (Å²) in [4.78, 5) is 23.8. The Morgan fingerprint density at radius 3 is 3.05 bits per heavy atom. The minimum atomic E-state index is -0.0771. The summed E-state index contributed by atoms with van der Waals surface area (Å²) in [5, 5.41) is 2.56. The fourth-order valence-electron chi connectivity index (χ4n) is 2.06. The van der Waals surface area contributed by atoms with E-state index in [2.05, 4.69) is 15.0 Å². The van der Waals surface area contributed by atoms with E-state index >= 15 is 0 Å². The topological polar surface area (TPSA) is 58.6 Å². The summed E-state index contributed by atoms with van der Waals surface area (Å²) in [6.07, 6.45) is 0. The first kappa shape index (κ1) is 14.2. The number of thioether (sulfide) groups is 1. The molecule has 0 radical (unpaired) electrons. The van der Waals surface area contributed by atoms with E-state index in [0.717, 1.165) is 20.1 Å². The molecule has 3 heterocycles. The van der Waals surface area contributed by atoms with Crippen LogP contribution in [0.1, 0.15) is 5.82 Å². The van der Waals surface area contributed by atoms with Crippen LogP contribution in [0.15, 0.2) is 38.8 Å². The highest BCUT2D eigenvalue weighted by Gasteiger charge is 2.08. The molecule has 4 nitrogen and oxygen atoms in total. The van der Waals surface area contributed by atoms with Crippen LogP contribution < -0.4 is 5.56 Å². The van der Waals surface area contributed by atoms with E-state index in [1.165, 1.54) is 11.3 Å². The summed E-state index contributed by atoms with van der Waals surface area (Å²) >= 11 is 10.5. The molecule has 0 saturated carbocycles. The van der Waals surface area contributed by atoms with E-state index in [-0.39, 0.29) is 5.56 Å². The Balaban J connectivity index is 1.60. The van der Waals surface area contributed by atoms with Gasteiger partial charge >= 0.3 is 0 Å². The molecule has 1 N–H and O–H groups in total. The van der Waals surface area contributed by atoms with Crippen LogP contribution in [0.5, 0.6) is 0 Å². The zero-order valence-corrected chi connectivity index (χ0v) is 14.2. The number of hydrogen-bond acceptors (Lipinski definition) is 6. The summed E-state index contributed by atoms with van der Waals surface area (Å²) < 4.78 is 2.70. The average molecular weight is 366 g/mol. The highest BCUT2D eigenvalue weighted by Crippen LogP contribution is 2.32. The van der Waals surface area contributed by atoms with Crippen molar-refractivity contribution < 1.29 is 0 Å². The number of fused-ring (bicyclic) bond motifs is 2. The molecule has 110 valence electrons. The van der Waals surface area contributed by atoms with Gasteiger partial charge in [-0.25, -0.2) is 9.97 Å². The lowest BCUT2D eigenvalue weighted by molar-refractivity contribution is 1.04. The Kier molecular flexibility index (Phi) is 3.65. The van der Waals surface area contributed by atoms with Crippen LogP contribution in [-0.2, 0) is 5.75 Å². The Hall–Kier alpha value is -1.41. The second-order valence-corrected chi connectivity index (χ2v) is 8.13. The number of hydrogen-bond donors (Lipinski definition) is 1. The van der Waals surface area contributed by atoms with Crippen molar-refractivity contribution in [3.63, 3.8) is 0 Å². The highest BCUT2D eigenvalue weighted by atomic mass is 35.5. The third-order valence-electron chi connectivity index (χ3n) is 3.03. The van der Waals surface area contributed by atoms with Crippen molar-refractivity contribution >= 4 is 66.5 Å². The lowest BCUT2D eigenvalue weighted by atomic mass is 10.3. The van der Waals surface area contributed by atoms with Crippen LogP contribution >= 0.6 is 46.0 Å². The summed E-state index contributed by atoms with van der Waals surface area (Å²) in [6.45, 7) is 0. The summed E-state index contributed by atoms with van der Waals surface area (Å²) in [5.41, 5.74) is 1.57. The fraction of sp³-hybridized carbons (Fsp3) is 0.0714. The van der Waals surface area contributed by atoms with Crippen LogP contribution in [0.3, 0.4) is 0 Å². The number of thiophene rings is 1. The van der Waals surface area contributed by atoms with Crippen LogP contribution in [0.25, 0.3) is 20.4 Å². The molecule has 0 unspecified atom stereocenters. The Morgan fingerprint density at radius 1 is 1.23 bits per heavy atom. The first-order valence-electron chi connectivity index (χ1n) is 6.34. The van der Waals surface area contributed by atoms with Gasteiger partial charge in [-0.1, -0.05) is 23.4 Å². The van der Waals surface area contributed by atoms with Gasteiger partial charge in [0.2, 0.25) is 0 Å². The summed E-state index contributed by atoms with van der Waals surface area (Å²) in [7, 11) is 0. The van der Waals surface area contributed by atoms with E-state index in [9.17, 15) is 4.79 Å². The number of thiazole rings is 1. The lowest BCUT2D eigenvalue weighted by Gasteiger charge is -1.98. The molecule has 0 bridgehead atoms. The molecule has 0 amide bonds. The third-order valence-corrected chi connectivity index (χ3v) is 6.35. The van der Waals surface area contributed by atoms with Crippen molar-refractivity contribution in [2.45, 2.75) is 10.1 Å². The molecule has 0 fully saturated rings. The first-order valence-corrected chi connectivity index (χ1v) is 9.40. The molecule has 0 aliphatic carbocycles. The summed E-state index contributed by atoms with van der Waals surface area (Å²) in [5.74, 6) is 1.24. The smallest absolute Gasteiger partial charge is 0.268 e. The van der Waals surface area contributed by atoms with Gasteiger partial charge in [0.15, 0.2) is 4.34 Å². The SMILES string of the molecule is O=c1[nH]c(CSc2nc3cc(Cl)ccc3s2)nc2ccsc12. The molecule has 0 saturated heterocycles. The molecule has 4 aromatic rings. The fourth-order valence-corrected chi connectivity index (χ4v) is 4.87. The second-order valence-electron chi connectivity index (χ2n) is 4.53. The number of nitrogens with zero attached hydrogens (tertiary/aromatic N) is 2. The van der Waals surface area contributed by atoms with E-state index in [4.69, 9.17) is 11.6 Å². The van der Waals surface area contributed by atoms with Gasteiger partial charge < -0.3 is 4.98 Å². The zero-order chi connectivity index (χ0) is 15.1. The zero-order valence-electron chi connectivity index (χ0n) is 11.0. The molecule has 0 aliphatic rings. The summed E-state index contributed by atoms with van der Waals surface area (Å²) in [6, 6.07) is 7.55. The van der Waals surface area contributed by atoms with Gasteiger partial charge in [0, 0.05) is 5.02 Å². The van der Waals surface area contributed by atoms with Gasteiger partial charge in [-0.15, -0.1) is 22.7 Å². The van der Waals surface area contributed by atoms with Crippen LogP contribution in [0.4, 0.5) is 0 Å². The molecule has 8 heteroatoms. The van der Waals surface area contributed by atoms with Crippen LogP contribution in [0, 0.1) is 0 Å². The van der Waals surface area contributed by atoms with Crippen LogP contribution in [-0.4, -0.2) is 15.0 Å². The minimum Gasteiger partial charge on any atom is -0.309 e. The number of benzene rings is 1. The van der Waals surface area contributed by atoms with E-state index in [0.29, 0.717) is 21.3 Å². The lowest BCUT2D eigenvalue weighted by Crippen LogP contribution is -2.09. The van der Waals surface area contributed by atoms with Crippen molar-refractivity contribution in [1.82, 2.24) is 15.0 Å². The van der Waals surface area contributed by atoms with Crippen molar-refractivity contribution in [3.8, 4) is 0 Å². The van der Waals surface area contributed by atoms with Crippen molar-refractivity contribution in [1.29, 1.82) is 0 Å². The van der Waals surface area contributed by atoms with Crippen LogP contribution in [0.2, 0.25) is 5.02 Å². The molecular weight excluding hydrogens is 358 g/mol. The van der Waals surface area contributed by atoms with E-state index in [1.54, 1.807) is 23.1 Å². The molecule has 4 rings (SSSR count). The number of aromatic amines is 1. The standard InChI is InChI=1S/C14H8ClN3OS3/c15-7-1-2-10-9(5-7)17-14(22-10)21-6-11-16-8-3-4-20-12(8)13(19)18-11/h1-5H,6H2,(H,16,18,19). The molecule has 1 aromatic carbocycles. The predicted octanol–water partition coefficient (Wildman–Crippen LogP) is 4.54. The predicted molar refractivity (Wildman–Crippen MR) is 94.4 cm³/mol. The third kappa shape index (κ3) is 2.65. The quantitative estimate of drug-likeness (QED) is 0.541. The molecular formula is C14H8ClN3OS3. The Labute approximate surface area is 142 Å². The molecule has 22 heavy (non-hydrogen) atoms. The average Bonchev–Trinajstić information content (AvgIpc) is 3.10. The largest absolute Gasteiger partial charge is 0.309 e. The molecule has 0 spiro atoms. The highest BCUT2D eigenvalue weighted by molar-refractivity contribution is 8.00. The number of nitrogens with one attached hydrogen (secondary N) is 1. The van der Waals surface area contributed by atoms with Crippen molar-refractivity contribution in [3.05, 3.63) is 50.8 Å². The van der Waals surface area contributed by atoms with Gasteiger partial charge in [-0.2, -0.15) is 0 Å². The minimum absolute atomic E-state index is 0.0771. The normalized spacial score (nSPS) is 11.5. The first-order chi connectivity index (χ1) is 10.7. The monoisotopic (exact) mass is 365 g/mol. The number of rotatable bonds is 3. The number of halogens is 1. The second kappa shape index (κ2) is 5.66. The van der Waals surface area contributed by atoms with Crippen molar-refractivity contribution in [2.24, 2.45) is 0 Å². The maximum Gasteiger partial charge on any atom is 0.268 e.